The summed E-state index contributed by atoms with van der Waals surface area (Å²) in [5, 5.41) is 1.15. The van der Waals surface area contributed by atoms with Crippen LogP contribution in [0.1, 0.15) is 37.5 Å². The number of aryl methyl sites for hydroxylation is 1. The van der Waals surface area contributed by atoms with Crippen molar-refractivity contribution in [1.29, 1.82) is 0 Å². The van der Waals surface area contributed by atoms with Crippen molar-refractivity contribution in [2.75, 3.05) is 23.9 Å². The first-order valence-electron chi connectivity index (χ1n) is 7.69. The van der Waals surface area contributed by atoms with Crippen molar-refractivity contribution in [2.24, 2.45) is 11.8 Å². The van der Waals surface area contributed by atoms with Gasteiger partial charge in [-0.2, -0.15) is 4.98 Å². The molecule has 0 radical (unpaired) electrons. The zero-order chi connectivity index (χ0) is 14.8. The number of hydrazine groups is 1. The van der Waals surface area contributed by atoms with E-state index in [1.54, 1.807) is 11.3 Å². The van der Waals surface area contributed by atoms with Crippen LogP contribution in [0.15, 0.2) is 6.07 Å². The Bertz CT molecular complexity index is 618. The molecule has 0 bridgehead atoms. The van der Waals surface area contributed by atoms with E-state index in [-0.39, 0.29) is 0 Å². The summed E-state index contributed by atoms with van der Waals surface area (Å²) in [4.78, 5) is 13.7. The minimum atomic E-state index is 0.500. The van der Waals surface area contributed by atoms with E-state index in [1.807, 2.05) is 0 Å². The first-order chi connectivity index (χ1) is 10.2. The van der Waals surface area contributed by atoms with E-state index < -0.39 is 0 Å². The second kappa shape index (κ2) is 6.15. The van der Waals surface area contributed by atoms with Crippen LogP contribution in [0.25, 0.3) is 10.2 Å². The number of fused-ring (bicyclic) bond motifs is 1. The monoisotopic (exact) mass is 305 g/mol. The zero-order valence-corrected chi connectivity index (χ0v) is 13.5. The largest absolute Gasteiger partial charge is 0.359 e. The van der Waals surface area contributed by atoms with Crippen LogP contribution in [0.4, 0.5) is 11.8 Å². The van der Waals surface area contributed by atoms with E-state index in [0.29, 0.717) is 5.95 Å². The number of aromatic nitrogens is 2. The van der Waals surface area contributed by atoms with Crippen molar-refractivity contribution >= 4 is 33.3 Å². The Morgan fingerprint density at radius 3 is 2.81 bits per heavy atom. The Morgan fingerprint density at radius 1 is 1.38 bits per heavy atom. The van der Waals surface area contributed by atoms with Gasteiger partial charge in [-0.1, -0.05) is 19.8 Å². The van der Waals surface area contributed by atoms with Crippen molar-refractivity contribution in [3.05, 3.63) is 10.9 Å². The maximum Gasteiger partial charge on any atom is 0.240 e. The van der Waals surface area contributed by atoms with Crippen molar-refractivity contribution in [3.8, 4) is 0 Å². The van der Waals surface area contributed by atoms with Gasteiger partial charge in [-0.15, -0.1) is 11.3 Å². The summed E-state index contributed by atoms with van der Waals surface area (Å²) in [5.74, 6) is 7.81. The number of nitrogens with two attached hydrogens (primary N) is 1. The quantitative estimate of drug-likeness (QED) is 0.656. The van der Waals surface area contributed by atoms with E-state index in [1.165, 1.54) is 30.6 Å². The Balaban J connectivity index is 1.95. The van der Waals surface area contributed by atoms with Crippen LogP contribution in [0.5, 0.6) is 0 Å². The van der Waals surface area contributed by atoms with Crippen LogP contribution < -0.4 is 16.2 Å². The van der Waals surface area contributed by atoms with Crippen molar-refractivity contribution in [2.45, 2.75) is 39.0 Å². The van der Waals surface area contributed by atoms with Gasteiger partial charge in [0.1, 0.15) is 10.6 Å². The number of nitrogen functional groups attached to an aromatic ring is 1. The molecule has 3 N–H and O–H groups in total. The van der Waals surface area contributed by atoms with Gasteiger partial charge in [0, 0.05) is 18.5 Å². The van der Waals surface area contributed by atoms with Gasteiger partial charge in [-0.25, -0.2) is 10.8 Å². The van der Waals surface area contributed by atoms with Gasteiger partial charge in [0.05, 0.1) is 5.39 Å². The van der Waals surface area contributed by atoms with Crippen molar-refractivity contribution in [1.82, 2.24) is 9.97 Å². The van der Waals surface area contributed by atoms with E-state index in [9.17, 15) is 0 Å². The summed E-state index contributed by atoms with van der Waals surface area (Å²) in [6.07, 6.45) is 6.43. The summed E-state index contributed by atoms with van der Waals surface area (Å²) < 4.78 is 0. The number of nitrogens with one attached hydrogen (secondary N) is 1. The van der Waals surface area contributed by atoms with Crippen LogP contribution in [0.2, 0.25) is 0 Å². The van der Waals surface area contributed by atoms with Crippen LogP contribution in [0, 0.1) is 5.92 Å². The van der Waals surface area contributed by atoms with Gasteiger partial charge in [0.2, 0.25) is 5.95 Å². The van der Waals surface area contributed by atoms with Crippen LogP contribution in [-0.2, 0) is 6.42 Å². The fraction of sp³-hybridized carbons (Fsp3) is 0.600. The number of anilines is 2. The molecule has 3 rings (SSSR count). The van der Waals surface area contributed by atoms with Gasteiger partial charge in [-0.05, 0) is 31.2 Å². The Hall–Kier alpha value is -1.40. The second-order valence-electron chi connectivity index (χ2n) is 5.83. The highest BCUT2D eigenvalue weighted by Gasteiger charge is 2.20. The molecule has 2 aromatic rings. The van der Waals surface area contributed by atoms with Crippen LogP contribution in [0.3, 0.4) is 0 Å². The Morgan fingerprint density at radius 2 is 2.14 bits per heavy atom. The summed E-state index contributed by atoms with van der Waals surface area (Å²) >= 11 is 1.73. The lowest BCUT2D eigenvalue weighted by Crippen LogP contribution is -2.25. The highest BCUT2D eigenvalue weighted by atomic mass is 32.1. The Labute approximate surface area is 129 Å². The second-order valence-corrected chi connectivity index (χ2v) is 6.95. The number of thiophene rings is 1. The van der Waals surface area contributed by atoms with Crippen LogP contribution in [-0.4, -0.2) is 23.6 Å². The molecule has 6 heteroatoms. The molecule has 0 aromatic carbocycles. The van der Waals surface area contributed by atoms with E-state index in [2.05, 4.69) is 40.3 Å². The molecular weight excluding hydrogens is 282 g/mol. The molecule has 2 aromatic heterocycles. The molecule has 114 valence electrons. The molecule has 0 unspecified atom stereocenters. The normalized spacial score (nSPS) is 15.8. The van der Waals surface area contributed by atoms with E-state index in [4.69, 9.17) is 5.84 Å². The maximum atomic E-state index is 5.52. The average Bonchev–Trinajstić information content (AvgIpc) is 3.14. The highest BCUT2D eigenvalue weighted by Crippen LogP contribution is 2.33. The predicted octanol–water partition coefficient (Wildman–Crippen LogP) is 3.17. The highest BCUT2D eigenvalue weighted by molar-refractivity contribution is 7.18. The molecule has 2 heterocycles. The van der Waals surface area contributed by atoms with Crippen LogP contribution >= 0.6 is 11.3 Å². The molecular formula is C15H23N5S. The molecule has 1 aliphatic rings. The van der Waals surface area contributed by atoms with E-state index >= 15 is 0 Å². The minimum absolute atomic E-state index is 0.500. The first kappa shape index (κ1) is 14.5. The zero-order valence-electron chi connectivity index (χ0n) is 12.7. The molecule has 1 fully saturated rings. The molecule has 0 saturated heterocycles. The minimum Gasteiger partial charge on any atom is -0.359 e. The van der Waals surface area contributed by atoms with Gasteiger partial charge in [-0.3, -0.25) is 5.43 Å². The predicted molar refractivity (Wildman–Crippen MR) is 89.8 cm³/mol. The standard InChI is InChI=1S/C15H23N5S/c1-3-11-8-12-13(17-15(19-16)18-14(12)21-11)20(2)9-10-6-4-5-7-10/h8,10H,3-7,9,16H2,1-2H3,(H,17,18,19). The lowest BCUT2D eigenvalue weighted by atomic mass is 10.1. The summed E-state index contributed by atoms with van der Waals surface area (Å²) in [5.41, 5.74) is 2.59. The fourth-order valence-electron chi connectivity index (χ4n) is 3.15. The number of nitrogens with zero attached hydrogens (tertiary/aromatic N) is 3. The third-order valence-electron chi connectivity index (χ3n) is 4.27. The molecule has 1 aliphatic carbocycles. The molecule has 0 spiro atoms. The third kappa shape index (κ3) is 2.96. The molecule has 5 nitrogen and oxygen atoms in total. The molecule has 21 heavy (non-hydrogen) atoms. The lowest BCUT2D eigenvalue weighted by Gasteiger charge is -2.23. The van der Waals surface area contributed by atoms with E-state index in [0.717, 1.165) is 34.9 Å². The molecule has 1 saturated carbocycles. The summed E-state index contributed by atoms with van der Waals surface area (Å²) in [6, 6.07) is 2.22. The average molecular weight is 305 g/mol. The summed E-state index contributed by atoms with van der Waals surface area (Å²) in [6.45, 7) is 3.23. The third-order valence-corrected chi connectivity index (χ3v) is 5.44. The maximum absolute atomic E-state index is 5.52. The number of hydrogen-bond donors (Lipinski definition) is 2. The number of rotatable bonds is 5. The first-order valence-corrected chi connectivity index (χ1v) is 8.51. The van der Waals surface area contributed by atoms with Crippen molar-refractivity contribution in [3.63, 3.8) is 0 Å². The van der Waals surface area contributed by atoms with Crippen molar-refractivity contribution < 1.29 is 0 Å². The Kier molecular flexibility index (Phi) is 4.26. The van der Waals surface area contributed by atoms with Gasteiger partial charge in [0.25, 0.3) is 0 Å². The SMILES string of the molecule is CCc1cc2c(N(C)CC3CCCC3)nc(NN)nc2s1. The molecule has 0 aliphatic heterocycles. The van der Waals surface area contributed by atoms with Gasteiger partial charge >= 0.3 is 0 Å². The van der Waals surface area contributed by atoms with Gasteiger partial charge < -0.3 is 4.90 Å². The molecule has 0 amide bonds. The molecule has 0 atom stereocenters. The fourth-order valence-corrected chi connectivity index (χ4v) is 4.11. The smallest absolute Gasteiger partial charge is 0.240 e. The number of hydrogen-bond acceptors (Lipinski definition) is 6. The van der Waals surface area contributed by atoms with Gasteiger partial charge in [0.15, 0.2) is 0 Å². The topological polar surface area (TPSA) is 67.1 Å². The lowest BCUT2D eigenvalue weighted by molar-refractivity contribution is 0.545. The summed E-state index contributed by atoms with van der Waals surface area (Å²) in [7, 11) is 2.13.